The quantitative estimate of drug-likeness (QED) is 0.141. The molecule has 3 aromatic carbocycles. The number of phenolic OH excluding ortho intramolecular Hbond substituents is 1. The number of aromatic hydroxyl groups is 1. The van der Waals surface area contributed by atoms with E-state index >= 15 is 0 Å². The van der Waals surface area contributed by atoms with Crippen LogP contribution in [-0.4, -0.2) is 90.9 Å². The zero-order valence-corrected chi connectivity index (χ0v) is 30.3. The monoisotopic (exact) mass is 715 g/mol. The first-order valence-electron chi connectivity index (χ1n) is 17.4. The van der Waals surface area contributed by atoms with Gasteiger partial charge in [0.1, 0.15) is 17.6 Å². The molecule has 1 aromatic heterocycles. The molecule has 10 nitrogen and oxygen atoms in total. The molecule has 2 N–H and O–H groups in total. The van der Waals surface area contributed by atoms with Gasteiger partial charge in [0.2, 0.25) is 0 Å². The lowest BCUT2D eigenvalue weighted by Gasteiger charge is -2.36. The topological polar surface area (TPSA) is 107 Å². The number of hydrogen-bond acceptors (Lipinski definition) is 9. The van der Waals surface area contributed by atoms with Crippen molar-refractivity contribution in [3.8, 4) is 16.9 Å². The molecule has 4 aromatic rings. The molecule has 1 fully saturated rings. The van der Waals surface area contributed by atoms with Crippen LogP contribution in [0.4, 0.5) is 15.2 Å². The summed E-state index contributed by atoms with van der Waals surface area (Å²) < 4.78 is 25.8. The number of phenols is 1. The number of anilines is 2. The van der Waals surface area contributed by atoms with E-state index in [1.807, 2.05) is 18.2 Å². The molecule has 2 amide bonds. The van der Waals surface area contributed by atoms with E-state index in [0.29, 0.717) is 30.5 Å². The number of nitrogens with zero attached hydrogens (tertiary/aromatic N) is 4. The number of ether oxygens (including phenoxy) is 2. The van der Waals surface area contributed by atoms with Gasteiger partial charge in [-0.2, -0.15) is 0 Å². The van der Waals surface area contributed by atoms with Crippen LogP contribution in [0.1, 0.15) is 54.7 Å². The van der Waals surface area contributed by atoms with Crippen molar-refractivity contribution in [2.45, 2.75) is 39.8 Å². The second-order valence-electron chi connectivity index (χ2n) is 14.1. The molecule has 0 spiro atoms. The minimum atomic E-state index is -1.27. The van der Waals surface area contributed by atoms with Gasteiger partial charge in [0.15, 0.2) is 5.13 Å². The average Bonchev–Trinajstić information content (AvgIpc) is 3.74. The molecule has 0 bridgehead atoms. The van der Waals surface area contributed by atoms with Crippen LogP contribution < -0.4 is 10.2 Å². The van der Waals surface area contributed by atoms with Crippen molar-refractivity contribution in [1.29, 1.82) is 0 Å². The fraction of sp³-hybridized carbons (Fsp3) is 0.410. The van der Waals surface area contributed by atoms with Gasteiger partial charge in [-0.05, 0) is 64.9 Å². The number of rotatable bonds is 14. The number of carbonyl (C=O) groups excluding carboxylic acids is 2. The molecule has 0 saturated carbocycles. The summed E-state index contributed by atoms with van der Waals surface area (Å²) >= 11 is 1.22. The van der Waals surface area contributed by atoms with Crippen LogP contribution in [0.25, 0.3) is 11.1 Å². The Labute approximate surface area is 302 Å². The highest BCUT2D eigenvalue weighted by molar-refractivity contribution is 7.13. The number of piperazine rings is 1. The molecule has 2 aliphatic rings. The van der Waals surface area contributed by atoms with Crippen molar-refractivity contribution in [2.75, 3.05) is 69.4 Å². The largest absolute Gasteiger partial charge is 0.508 e. The summed E-state index contributed by atoms with van der Waals surface area (Å²) in [6, 6.07) is 16.2. The van der Waals surface area contributed by atoms with Crippen LogP contribution in [0.3, 0.4) is 0 Å². The molecule has 0 radical (unpaired) electrons. The summed E-state index contributed by atoms with van der Waals surface area (Å²) in [4.78, 5) is 37.7. The average molecular weight is 716 g/mol. The molecular formula is C39H46FN5O5S. The SMILES string of the molecule is CC(C)(C)CCOCCOCCN1CCN(c2ccc(-c3ccc4c(c3)C(=O)N(C(C(=O)Nc3nccs3)c3cc(F)ccc3O)C4)cc2)CC1. The molecule has 1 saturated heterocycles. The fourth-order valence-electron chi connectivity index (χ4n) is 6.35. The highest BCUT2D eigenvalue weighted by Crippen LogP contribution is 2.38. The lowest BCUT2D eigenvalue weighted by molar-refractivity contribution is -0.120. The minimum absolute atomic E-state index is 0.00257. The smallest absolute Gasteiger partial charge is 0.255 e. The second kappa shape index (κ2) is 16.3. The van der Waals surface area contributed by atoms with E-state index in [1.54, 1.807) is 11.6 Å². The van der Waals surface area contributed by atoms with Crippen molar-refractivity contribution in [1.82, 2.24) is 14.8 Å². The van der Waals surface area contributed by atoms with Crippen molar-refractivity contribution in [2.24, 2.45) is 5.41 Å². The van der Waals surface area contributed by atoms with Crippen molar-refractivity contribution in [3.05, 3.63) is 94.7 Å². The number of halogens is 1. The number of carbonyl (C=O) groups is 2. The van der Waals surface area contributed by atoms with Crippen LogP contribution in [0, 0.1) is 11.2 Å². The van der Waals surface area contributed by atoms with Crippen LogP contribution in [0.15, 0.2) is 72.2 Å². The summed E-state index contributed by atoms with van der Waals surface area (Å²) in [6.45, 7) is 14.2. The van der Waals surface area contributed by atoms with Gasteiger partial charge in [-0.25, -0.2) is 9.37 Å². The van der Waals surface area contributed by atoms with Gasteiger partial charge in [0.05, 0.1) is 19.8 Å². The van der Waals surface area contributed by atoms with E-state index in [1.165, 1.54) is 22.3 Å². The summed E-state index contributed by atoms with van der Waals surface area (Å²) in [5, 5.41) is 15.4. The van der Waals surface area contributed by atoms with Gasteiger partial charge in [-0.1, -0.05) is 45.0 Å². The maximum atomic E-state index is 14.4. The normalized spacial score (nSPS) is 15.6. The third-order valence-corrected chi connectivity index (χ3v) is 10.00. The summed E-state index contributed by atoms with van der Waals surface area (Å²) in [5.41, 5.74) is 4.49. The Balaban J connectivity index is 1.04. The van der Waals surface area contributed by atoms with Crippen molar-refractivity contribution in [3.63, 3.8) is 0 Å². The molecule has 1 atom stereocenters. The zero-order chi connectivity index (χ0) is 36.0. The Bertz CT molecular complexity index is 1790. The van der Waals surface area contributed by atoms with E-state index in [2.05, 4.69) is 65.1 Å². The predicted octanol–water partition coefficient (Wildman–Crippen LogP) is 6.58. The molecule has 270 valence electrons. The van der Waals surface area contributed by atoms with Gasteiger partial charge in [0.25, 0.3) is 11.8 Å². The molecule has 1 unspecified atom stereocenters. The number of thiazole rings is 1. The highest BCUT2D eigenvalue weighted by Gasteiger charge is 2.39. The van der Waals surface area contributed by atoms with E-state index in [0.717, 1.165) is 80.3 Å². The van der Waals surface area contributed by atoms with Crippen LogP contribution in [0.5, 0.6) is 5.75 Å². The van der Waals surface area contributed by atoms with Gasteiger partial charge in [-0.15, -0.1) is 11.3 Å². The van der Waals surface area contributed by atoms with Gasteiger partial charge < -0.3 is 24.4 Å². The second-order valence-corrected chi connectivity index (χ2v) is 15.0. The summed E-state index contributed by atoms with van der Waals surface area (Å²) in [6.07, 6.45) is 2.59. The maximum absolute atomic E-state index is 14.4. The standard InChI is InChI=1S/C39H46FN5O5S/c1-39(2,3)12-19-49-21-22-50-20-18-43-14-16-44(17-15-43)31-9-6-27(7-10-31)28-4-5-29-26-45(37(48)32(29)24-28)35(33-25-30(40)8-11-34(33)46)36(47)42-38-41-13-23-51-38/h4-11,13,23-25,35,46H,12,14-22,26H2,1-3H3,(H,41,42,47). The lowest BCUT2D eigenvalue weighted by atomic mass is 9.93. The maximum Gasteiger partial charge on any atom is 0.255 e. The van der Waals surface area contributed by atoms with E-state index < -0.39 is 17.8 Å². The molecular weight excluding hydrogens is 670 g/mol. The summed E-state index contributed by atoms with van der Waals surface area (Å²) in [5.74, 6) is -1.87. The van der Waals surface area contributed by atoms with Crippen molar-refractivity contribution < 1.29 is 28.6 Å². The Morgan fingerprint density at radius 3 is 2.39 bits per heavy atom. The number of aromatic nitrogens is 1. The number of amides is 2. The van der Waals surface area contributed by atoms with Gasteiger partial charge in [0, 0.05) is 74.3 Å². The lowest BCUT2D eigenvalue weighted by Crippen LogP contribution is -2.47. The van der Waals surface area contributed by atoms with E-state index in [4.69, 9.17) is 9.47 Å². The number of nitrogens with one attached hydrogen (secondary N) is 1. The van der Waals surface area contributed by atoms with Gasteiger partial charge in [-0.3, -0.25) is 19.8 Å². The molecule has 3 heterocycles. The first-order chi connectivity index (χ1) is 24.6. The first kappa shape index (κ1) is 36.4. The minimum Gasteiger partial charge on any atom is -0.508 e. The first-order valence-corrected chi connectivity index (χ1v) is 18.3. The zero-order valence-electron chi connectivity index (χ0n) is 29.4. The Morgan fingerprint density at radius 2 is 1.69 bits per heavy atom. The van der Waals surface area contributed by atoms with E-state index in [-0.39, 0.29) is 29.2 Å². The Hall–Kier alpha value is -4.36. The Kier molecular flexibility index (Phi) is 11.7. The highest BCUT2D eigenvalue weighted by atomic mass is 32.1. The molecule has 12 heteroatoms. The van der Waals surface area contributed by atoms with Crippen molar-refractivity contribution >= 4 is 34.0 Å². The Morgan fingerprint density at radius 1 is 0.961 bits per heavy atom. The van der Waals surface area contributed by atoms with Crippen LogP contribution in [-0.2, 0) is 20.8 Å². The third-order valence-electron chi connectivity index (χ3n) is 9.31. The van der Waals surface area contributed by atoms with Gasteiger partial charge >= 0.3 is 0 Å². The fourth-order valence-corrected chi connectivity index (χ4v) is 6.89. The number of benzene rings is 3. The molecule has 51 heavy (non-hydrogen) atoms. The van der Waals surface area contributed by atoms with E-state index in [9.17, 15) is 19.1 Å². The molecule has 0 aliphatic carbocycles. The molecule has 6 rings (SSSR count). The molecule has 2 aliphatic heterocycles. The number of hydrogen-bond donors (Lipinski definition) is 2. The van der Waals surface area contributed by atoms with Crippen LogP contribution in [0.2, 0.25) is 0 Å². The predicted molar refractivity (Wildman–Crippen MR) is 198 cm³/mol. The van der Waals surface area contributed by atoms with Crippen LogP contribution >= 0.6 is 11.3 Å². The number of fused-ring (bicyclic) bond motifs is 1. The third kappa shape index (κ3) is 9.31. The summed E-state index contributed by atoms with van der Waals surface area (Å²) in [7, 11) is 0.